The minimum Gasteiger partial charge on any atom is -0.456 e. The predicted molar refractivity (Wildman–Crippen MR) is 90.6 cm³/mol. The number of halogens is 5. The zero-order valence-corrected chi connectivity index (χ0v) is 14.4. The van der Waals surface area contributed by atoms with Gasteiger partial charge in [-0.1, -0.05) is 29.3 Å². The van der Waals surface area contributed by atoms with Crippen LogP contribution in [-0.4, -0.2) is 17.3 Å². The van der Waals surface area contributed by atoms with Crippen LogP contribution in [0.1, 0.15) is 16.1 Å². The van der Waals surface area contributed by atoms with Crippen molar-refractivity contribution in [2.24, 2.45) is 0 Å². The third-order valence-electron chi connectivity index (χ3n) is 3.40. The van der Waals surface area contributed by atoms with Gasteiger partial charge in [-0.25, -0.2) is 4.79 Å². The van der Waals surface area contributed by atoms with E-state index in [1.165, 1.54) is 18.2 Å². The van der Waals surface area contributed by atoms with Crippen molar-refractivity contribution >= 4 is 40.1 Å². The van der Waals surface area contributed by atoms with Crippen LogP contribution in [0.4, 0.5) is 13.2 Å². The fourth-order valence-corrected chi connectivity index (χ4v) is 2.59. The first-order chi connectivity index (χ1) is 12.2. The van der Waals surface area contributed by atoms with Crippen LogP contribution in [0.3, 0.4) is 0 Å². The van der Waals surface area contributed by atoms with Gasteiger partial charge in [-0.3, -0.25) is 0 Å². The molecule has 1 heterocycles. The zero-order valence-electron chi connectivity index (χ0n) is 12.9. The van der Waals surface area contributed by atoms with Gasteiger partial charge in [0.2, 0.25) is 0 Å². The van der Waals surface area contributed by atoms with Gasteiger partial charge >= 0.3 is 12.3 Å². The van der Waals surface area contributed by atoms with Crippen molar-refractivity contribution in [1.29, 1.82) is 0 Å². The Kier molecular flexibility index (Phi) is 5.02. The minimum atomic E-state index is -4.79. The molecule has 0 amide bonds. The molecule has 3 aromatic rings. The molecule has 0 atom stereocenters. The van der Waals surface area contributed by atoms with E-state index in [0.717, 1.165) is 6.07 Å². The number of fused-ring (bicyclic) bond motifs is 1. The number of hydrogen-bond acceptors (Lipinski definition) is 3. The highest BCUT2D eigenvalue weighted by atomic mass is 35.5. The fraction of sp³-hybridized carbons (Fsp3) is 0.118. The van der Waals surface area contributed by atoms with Crippen LogP contribution in [0.15, 0.2) is 42.5 Å². The molecule has 0 aliphatic carbocycles. The third-order valence-corrected chi connectivity index (χ3v) is 4.14. The molecule has 1 aromatic heterocycles. The van der Waals surface area contributed by atoms with E-state index < -0.39 is 12.3 Å². The maximum Gasteiger partial charge on any atom is 0.573 e. The SMILES string of the molecule is O=C(OCc1ccc(Cl)c(Cl)c1)c1cc2cc(OC(F)(F)F)ccc2[nH]1. The van der Waals surface area contributed by atoms with Gasteiger partial charge in [-0.05, 0) is 42.0 Å². The highest BCUT2D eigenvalue weighted by Gasteiger charge is 2.31. The van der Waals surface area contributed by atoms with Crippen molar-refractivity contribution < 1.29 is 27.4 Å². The molecular formula is C17H10Cl2F3NO3. The van der Waals surface area contributed by atoms with Crippen molar-refractivity contribution in [3.8, 4) is 5.75 Å². The number of nitrogens with one attached hydrogen (secondary N) is 1. The fourth-order valence-electron chi connectivity index (χ4n) is 2.27. The second kappa shape index (κ2) is 7.09. The summed E-state index contributed by atoms with van der Waals surface area (Å²) < 4.78 is 45.8. The topological polar surface area (TPSA) is 51.3 Å². The highest BCUT2D eigenvalue weighted by Crippen LogP contribution is 2.27. The lowest BCUT2D eigenvalue weighted by atomic mass is 10.2. The lowest BCUT2D eigenvalue weighted by Gasteiger charge is -2.08. The molecule has 0 aliphatic heterocycles. The number of H-pyrrole nitrogens is 1. The molecule has 0 saturated heterocycles. The number of hydrogen-bond donors (Lipinski definition) is 1. The van der Waals surface area contributed by atoms with Gasteiger partial charge in [0.05, 0.1) is 10.0 Å². The van der Waals surface area contributed by atoms with Gasteiger partial charge in [0.25, 0.3) is 0 Å². The average molecular weight is 404 g/mol. The molecule has 0 spiro atoms. The Balaban J connectivity index is 1.72. The molecular weight excluding hydrogens is 394 g/mol. The number of alkyl halides is 3. The van der Waals surface area contributed by atoms with E-state index in [4.69, 9.17) is 27.9 Å². The van der Waals surface area contributed by atoms with Crippen LogP contribution in [0, 0.1) is 0 Å². The van der Waals surface area contributed by atoms with Gasteiger partial charge in [-0.15, -0.1) is 13.2 Å². The van der Waals surface area contributed by atoms with E-state index in [-0.39, 0.29) is 18.1 Å². The molecule has 0 fully saturated rings. The monoisotopic (exact) mass is 403 g/mol. The van der Waals surface area contributed by atoms with Crippen molar-refractivity contribution in [2.45, 2.75) is 13.0 Å². The molecule has 1 N–H and O–H groups in total. The van der Waals surface area contributed by atoms with Crippen LogP contribution in [0.5, 0.6) is 5.75 Å². The van der Waals surface area contributed by atoms with E-state index in [1.807, 2.05) is 0 Å². The number of rotatable bonds is 4. The molecule has 0 aliphatic rings. The van der Waals surface area contributed by atoms with Gasteiger partial charge in [0.15, 0.2) is 0 Å². The first kappa shape index (κ1) is 18.4. The minimum absolute atomic E-state index is 0.0342. The van der Waals surface area contributed by atoms with Crippen molar-refractivity contribution in [2.75, 3.05) is 0 Å². The Morgan fingerprint density at radius 1 is 1.04 bits per heavy atom. The Morgan fingerprint density at radius 2 is 1.81 bits per heavy atom. The first-order valence-electron chi connectivity index (χ1n) is 7.21. The van der Waals surface area contributed by atoms with Gasteiger partial charge in [-0.2, -0.15) is 0 Å². The number of aromatic amines is 1. The van der Waals surface area contributed by atoms with Crippen LogP contribution in [0.25, 0.3) is 10.9 Å². The van der Waals surface area contributed by atoms with E-state index in [9.17, 15) is 18.0 Å². The second-order valence-corrected chi connectivity index (χ2v) is 6.12. The van der Waals surface area contributed by atoms with Crippen molar-refractivity contribution in [1.82, 2.24) is 4.98 Å². The van der Waals surface area contributed by atoms with E-state index in [1.54, 1.807) is 18.2 Å². The summed E-state index contributed by atoms with van der Waals surface area (Å²) in [5.41, 5.74) is 1.22. The van der Waals surface area contributed by atoms with Crippen LogP contribution >= 0.6 is 23.2 Å². The summed E-state index contributed by atoms with van der Waals surface area (Å²) in [6.07, 6.45) is -4.79. The number of carbonyl (C=O) groups excluding carboxylic acids is 1. The number of esters is 1. The lowest BCUT2D eigenvalue weighted by Crippen LogP contribution is -2.16. The predicted octanol–water partition coefficient (Wildman–Crippen LogP) is 5.73. The number of ether oxygens (including phenoxy) is 2. The van der Waals surface area contributed by atoms with Crippen LogP contribution in [0.2, 0.25) is 10.0 Å². The smallest absolute Gasteiger partial charge is 0.456 e. The molecule has 0 saturated carbocycles. The van der Waals surface area contributed by atoms with Crippen LogP contribution < -0.4 is 4.74 Å². The number of benzene rings is 2. The van der Waals surface area contributed by atoms with E-state index in [0.29, 0.717) is 26.5 Å². The first-order valence-corrected chi connectivity index (χ1v) is 7.96. The molecule has 2 aromatic carbocycles. The maximum atomic E-state index is 12.3. The highest BCUT2D eigenvalue weighted by molar-refractivity contribution is 6.42. The number of carbonyl (C=O) groups is 1. The molecule has 0 bridgehead atoms. The molecule has 136 valence electrons. The Bertz CT molecular complexity index is 970. The van der Waals surface area contributed by atoms with Gasteiger partial charge in [0, 0.05) is 10.9 Å². The Morgan fingerprint density at radius 3 is 2.50 bits per heavy atom. The summed E-state index contributed by atoms with van der Waals surface area (Å²) >= 11 is 11.7. The average Bonchev–Trinajstić information content (AvgIpc) is 2.97. The molecule has 0 radical (unpaired) electrons. The largest absolute Gasteiger partial charge is 0.573 e. The summed E-state index contributed by atoms with van der Waals surface area (Å²) in [7, 11) is 0. The summed E-state index contributed by atoms with van der Waals surface area (Å²) in [6, 6.07) is 9.91. The Hall–Kier alpha value is -2.38. The molecule has 0 unspecified atom stereocenters. The zero-order chi connectivity index (χ0) is 18.9. The third kappa shape index (κ3) is 4.42. The van der Waals surface area contributed by atoms with E-state index >= 15 is 0 Å². The summed E-state index contributed by atoms with van der Waals surface area (Å²) in [6.45, 7) is -0.0342. The van der Waals surface area contributed by atoms with E-state index in [2.05, 4.69) is 9.72 Å². The maximum absolute atomic E-state index is 12.3. The van der Waals surface area contributed by atoms with Gasteiger partial charge < -0.3 is 14.5 Å². The molecule has 3 rings (SSSR count). The quantitative estimate of drug-likeness (QED) is 0.565. The summed E-state index contributed by atoms with van der Waals surface area (Å²) in [5, 5.41) is 1.10. The van der Waals surface area contributed by atoms with Crippen LogP contribution in [-0.2, 0) is 11.3 Å². The normalized spacial score (nSPS) is 11.6. The van der Waals surface area contributed by atoms with Crippen molar-refractivity contribution in [3.63, 3.8) is 0 Å². The van der Waals surface area contributed by atoms with Crippen molar-refractivity contribution in [3.05, 3.63) is 63.8 Å². The molecule has 26 heavy (non-hydrogen) atoms. The molecule has 4 nitrogen and oxygen atoms in total. The standard InChI is InChI=1S/C17H10Cl2F3NO3/c18-12-3-1-9(5-13(12)19)8-25-16(24)15-7-10-6-11(26-17(20,21)22)2-4-14(10)23-15/h1-7,23H,8H2. The lowest BCUT2D eigenvalue weighted by molar-refractivity contribution is -0.274. The molecule has 9 heteroatoms. The summed E-state index contributed by atoms with van der Waals surface area (Å²) in [5.74, 6) is -1.04. The summed E-state index contributed by atoms with van der Waals surface area (Å²) in [4.78, 5) is 14.9. The van der Waals surface area contributed by atoms with Gasteiger partial charge in [0.1, 0.15) is 18.1 Å². The Labute approximate surface area is 155 Å². The second-order valence-electron chi connectivity index (χ2n) is 5.30. The number of aromatic nitrogens is 1.